The minimum Gasteiger partial charge on any atom is -0.337 e. The molecule has 0 unspecified atom stereocenters. The smallest absolute Gasteiger partial charge is 0.254 e. The van der Waals surface area contributed by atoms with Gasteiger partial charge in [0.1, 0.15) is 0 Å². The van der Waals surface area contributed by atoms with Gasteiger partial charge in [-0.15, -0.1) is 11.3 Å². The summed E-state index contributed by atoms with van der Waals surface area (Å²) in [5, 5.41) is 2.03. The van der Waals surface area contributed by atoms with Crippen molar-refractivity contribution in [2.75, 3.05) is 13.1 Å². The second-order valence-corrected chi connectivity index (χ2v) is 10.1. The van der Waals surface area contributed by atoms with Gasteiger partial charge in [0.15, 0.2) is 0 Å². The molecule has 0 bridgehead atoms. The van der Waals surface area contributed by atoms with Gasteiger partial charge in [0.05, 0.1) is 12.0 Å². The van der Waals surface area contributed by atoms with Crippen LogP contribution in [-0.4, -0.2) is 34.7 Å². The second kappa shape index (κ2) is 8.55. The van der Waals surface area contributed by atoms with Gasteiger partial charge in [0.25, 0.3) is 5.91 Å². The zero-order valence-corrected chi connectivity index (χ0v) is 19.3. The lowest BCUT2D eigenvalue weighted by atomic mass is 9.80. The van der Waals surface area contributed by atoms with Crippen LogP contribution in [0.25, 0.3) is 0 Å². The van der Waals surface area contributed by atoms with Crippen molar-refractivity contribution < 1.29 is 9.59 Å². The van der Waals surface area contributed by atoms with E-state index in [9.17, 15) is 9.59 Å². The summed E-state index contributed by atoms with van der Waals surface area (Å²) in [4.78, 5) is 32.7. The summed E-state index contributed by atoms with van der Waals surface area (Å²) in [5.74, 6) is 0.0585. The summed E-state index contributed by atoms with van der Waals surface area (Å²) >= 11 is 1.63. The van der Waals surface area contributed by atoms with Crippen molar-refractivity contribution in [1.29, 1.82) is 0 Å². The second-order valence-electron chi connectivity index (χ2n) is 9.16. The fourth-order valence-electron chi connectivity index (χ4n) is 5.11. The Hall–Kier alpha value is -2.92. The number of carbonyl (C=O) groups is 2. The van der Waals surface area contributed by atoms with E-state index in [-0.39, 0.29) is 17.9 Å². The molecule has 2 amide bonds. The molecule has 5 rings (SSSR count). The summed E-state index contributed by atoms with van der Waals surface area (Å²) in [6, 6.07) is 19.9. The summed E-state index contributed by atoms with van der Waals surface area (Å²) in [5.41, 5.74) is 4.07. The molecule has 5 heteroatoms. The third-order valence-corrected chi connectivity index (χ3v) is 7.49. The monoisotopic (exact) mass is 444 g/mol. The van der Waals surface area contributed by atoms with Crippen LogP contribution in [0.1, 0.15) is 57.7 Å². The molecule has 2 aliphatic heterocycles. The number of benzene rings is 2. The van der Waals surface area contributed by atoms with Crippen LogP contribution in [0.2, 0.25) is 0 Å². The maximum absolute atomic E-state index is 14.2. The molecule has 0 fully saturated rings. The molecule has 2 atom stereocenters. The maximum Gasteiger partial charge on any atom is 0.254 e. The SMILES string of the molecule is CC(C)CN1C(=O)c2ccccc2[C@H](C(=O)N2CCc3ccccc3C2)[C@H]1c1cccs1. The summed E-state index contributed by atoms with van der Waals surface area (Å²) < 4.78 is 0. The van der Waals surface area contributed by atoms with Crippen molar-refractivity contribution in [2.45, 2.75) is 38.8 Å². The van der Waals surface area contributed by atoms with E-state index in [1.54, 1.807) is 11.3 Å². The van der Waals surface area contributed by atoms with Gasteiger partial charge in [0, 0.05) is 30.1 Å². The van der Waals surface area contributed by atoms with Crippen molar-refractivity contribution >= 4 is 23.2 Å². The van der Waals surface area contributed by atoms with Crippen LogP contribution in [0.4, 0.5) is 0 Å². The fourth-order valence-corrected chi connectivity index (χ4v) is 5.98. The Morgan fingerprint density at radius 2 is 1.78 bits per heavy atom. The van der Waals surface area contributed by atoms with E-state index < -0.39 is 5.92 Å². The molecule has 0 saturated carbocycles. The molecule has 1 aromatic heterocycles. The van der Waals surface area contributed by atoms with Gasteiger partial charge in [-0.3, -0.25) is 9.59 Å². The van der Waals surface area contributed by atoms with E-state index in [1.165, 1.54) is 11.1 Å². The number of thiophene rings is 1. The number of hydrogen-bond acceptors (Lipinski definition) is 3. The Morgan fingerprint density at radius 3 is 2.53 bits per heavy atom. The van der Waals surface area contributed by atoms with E-state index in [0.29, 0.717) is 31.1 Å². The standard InChI is InChI=1S/C27H28N2O2S/c1-18(2)16-29-25(23-12-7-15-32-23)24(21-10-5-6-11-22(21)26(29)30)27(31)28-14-13-19-8-3-4-9-20(19)17-28/h3-12,15,18,24-25H,13-14,16-17H2,1-2H3/t24-,25+/m0/s1. The van der Waals surface area contributed by atoms with E-state index in [2.05, 4.69) is 38.1 Å². The van der Waals surface area contributed by atoms with Crippen LogP contribution in [-0.2, 0) is 17.8 Å². The highest BCUT2D eigenvalue weighted by molar-refractivity contribution is 7.10. The number of amides is 2. The van der Waals surface area contributed by atoms with Gasteiger partial charge < -0.3 is 9.80 Å². The Morgan fingerprint density at radius 1 is 1.03 bits per heavy atom. The average Bonchev–Trinajstić information content (AvgIpc) is 3.34. The fraction of sp³-hybridized carbons (Fsp3) is 0.333. The van der Waals surface area contributed by atoms with Crippen LogP contribution in [0.15, 0.2) is 66.0 Å². The lowest BCUT2D eigenvalue weighted by Crippen LogP contribution is -2.49. The molecule has 4 nitrogen and oxygen atoms in total. The van der Waals surface area contributed by atoms with Crippen LogP contribution in [0.3, 0.4) is 0 Å². The van der Waals surface area contributed by atoms with Gasteiger partial charge in [0.2, 0.25) is 5.91 Å². The molecule has 0 spiro atoms. The zero-order chi connectivity index (χ0) is 22.2. The molecule has 3 heterocycles. The zero-order valence-electron chi connectivity index (χ0n) is 18.5. The third-order valence-electron chi connectivity index (χ3n) is 6.54. The lowest BCUT2D eigenvalue weighted by Gasteiger charge is -2.44. The minimum atomic E-state index is -0.397. The molecule has 0 saturated heterocycles. The van der Waals surface area contributed by atoms with Crippen molar-refractivity contribution in [1.82, 2.24) is 9.80 Å². The van der Waals surface area contributed by atoms with Crippen molar-refractivity contribution in [3.8, 4) is 0 Å². The Bertz CT molecular complexity index is 1140. The van der Waals surface area contributed by atoms with Gasteiger partial charge in [-0.25, -0.2) is 0 Å². The normalized spacial score (nSPS) is 20.3. The maximum atomic E-state index is 14.2. The topological polar surface area (TPSA) is 40.6 Å². The van der Waals surface area contributed by atoms with E-state index in [0.717, 1.165) is 16.9 Å². The van der Waals surface area contributed by atoms with Gasteiger partial charge >= 0.3 is 0 Å². The molecule has 0 radical (unpaired) electrons. The van der Waals surface area contributed by atoms with Gasteiger partial charge in [-0.05, 0) is 46.5 Å². The molecule has 0 N–H and O–H groups in total. The molecular formula is C27H28N2O2S. The molecule has 0 aliphatic carbocycles. The number of carbonyl (C=O) groups excluding carboxylic acids is 2. The number of fused-ring (bicyclic) bond motifs is 2. The Kier molecular flexibility index (Phi) is 5.60. The molecule has 3 aromatic rings. The summed E-state index contributed by atoms with van der Waals surface area (Å²) in [6.45, 7) is 6.21. The lowest BCUT2D eigenvalue weighted by molar-refractivity contribution is -0.135. The third kappa shape index (κ3) is 3.65. The van der Waals surface area contributed by atoms with Crippen LogP contribution in [0.5, 0.6) is 0 Å². The number of nitrogens with zero attached hydrogens (tertiary/aromatic N) is 2. The first-order valence-corrected chi connectivity index (χ1v) is 12.2. The number of rotatable bonds is 4. The van der Waals surface area contributed by atoms with Crippen molar-refractivity contribution in [3.05, 3.63) is 93.2 Å². The first kappa shape index (κ1) is 21.0. The molecule has 2 aromatic carbocycles. The highest BCUT2D eigenvalue weighted by atomic mass is 32.1. The molecule has 2 aliphatic rings. The van der Waals surface area contributed by atoms with Gasteiger partial charge in [-0.1, -0.05) is 62.4 Å². The summed E-state index contributed by atoms with van der Waals surface area (Å²) in [6.07, 6.45) is 0.870. The predicted molar refractivity (Wildman–Crippen MR) is 128 cm³/mol. The first-order valence-electron chi connectivity index (χ1n) is 11.3. The van der Waals surface area contributed by atoms with Crippen LogP contribution in [0, 0.1) is 5.92 Å². The molecular weight excluding hydrogens is 416 g/mol. The van der Waals surface area contributed by atoms with E-state index in [1.807, 2.05) is 51.6 Å². The minimum absolute atomic E-state index is 0.0285. The molecule has 164 valence electrons. The van der Waals surface area contributed by atoms with Gasteiger partial charge in [-0.2, -0.15) is 0 Å². The van der Waals surface area contributed by atoms with Crippen LogP contribution < -0.4 is 0 Å². The van der Waals surface area contributed by atoms with Crippen molar-refractivity contribution in [2.24, 2.45) is 5.92 Å². The summed E-state index contributed by atoms with van der Waals surface area (Å²) in [7, 11) is 0. The Balaban J connectivity index is 1.59. The van der Waals surface area contributed by atoms with E-state index in [4.69, 9.17) is 0 Å². The number of hydrogen-bond donors (Lipinski definition) is 0. The van der Waals surface area contributed by atoms with Crippen molar-refractivity contribution in [3.63, 3.8) is 0 Å². The quantitative estimate of drug-likeness (QED) is 0.550. The Labute approximate surface area is 193 Å². The molecule has 32 heavy (non-hydrogen) atoms. The highest BCUT2D eigenvalue weighted by Gasteiger charge is 2.46. The first-order chi connectivity index (χ1) is 15.5. The van der Waals surface area contributed by atoms with E-state index >= 15 is 0 Å². The van der Waals surface area contributed by atoms with Crippen LogP contribution >= 0.6 is 11.3 Å². The largest absolute Gasteiger partial charge is 0.337 e. The average molecular weight is 445 g/mol. The highest BCUT2D eigenvalue weighted by Crippen LogP contribution is 2.45. The predicted octanol–water partition coefficient (Wildman–Crippen LogP) is 5.27.